The summed E-state index contributed by atoms with van der Waals surface area (Å²) in [5, 5.41) is 23.6. The van der Waals surface area contributed by atoms with Crippen molar-refractivity contribution in [3.8, 4) is 11.5 Å². The maximum atomic E-state index is 14.7. The Morgan fingerprint density at radius 3 is 2.61 bits per heavy atom. The number of hydrogen-bond acceptors (Lipinski definition) is 8. The number of methoxy groups -OCH3 is 1. The van der Waals surface area contributed by atoms with Crippen molar-refractivity contribution in [3.63, 3.8) is 0 Å². The average molecular weight is 569 g/mol. The number of fused-ring (bicyclic) bond motifs is 3. The number of aldehydes is 1. The van der Waals surface area contributed by atoms with Crippen molar-refractivity contribution >= 4 is 23.9 Å². The van der Waals surface area contributed by atoms with E-state index >= 15 is 0 Å². The summed E-state index contributed by atoms with van der Waals surface area (Å²) in [7, 11) is 1.40. The average Bonchev–Trinajstić information content (AvgIpc) is 3.35. The van der Waals surface area contributed by atoms with Crippen molar-refractivity contribution in [2.24, 2.45) is 0 Å². The lowest BCUT2D eigenvalue weighted by Gasteiger charge is -2.41. The predicted molar refractivity (Wildman–Crippen MR) is 145 cm³/mol. The Hall–Kier alpha value is -4.09. The molecule has 2 aromatic rings. The number of nitrogens with one attached hydrogen (secondary N) is 1. The van der Waals surface area contributed by atoms with Gasteiger partial charge in [0.25, 0.3) is 0 Å². The van der Waals surface area contributed by atoms with Crippen LogP contribution in [0.15, 0.2) is 48.0 Å². The number of hydrogen-bond donors (Lipinski definition) is 3. The van der Waals surface area contributed by atoms with Gasteiger partial charge in [-0.3, -0.25) is 14.4 Å². The maximum absolute atomic E-state index is 14.7. The first kappa shape index (κ1) is 29.9. The van der Waals surface area contributed by atoms with Gasteiger partial charge in [0, 0.05) is 48.2 Å². The Morgan fingerprint density at radius 1 is 1.20 bits per heavy atom. The van der Waals surface area contributed by atoms with Crippen molar-refractivity contribution in [2.75, 3.05) is 20.3 Å². The fourth-order valence-corrected chi connectivity index (χ4v) is 5.36. The number of halogens is 1. The zero-order chi connectivity index (χ0) is 29.7. The largest absolute Gasteiger partial charge is 0.493 e. The summed E-state index contributed by atoms with van der Waals surface area (Å²) in [6.07, 6.45) is 0.0674. The van der Waals surface area contributed by atoms with Gasteiger partial charge in [-0.1, -0.05) is 18.2 Å². The quantitative estimate of drug-likeness (QED) is 0.331. The molecule has 0 spiro atoms. The molecule has 11 heteroatoms. The third-order valence-electron chi connectivity index (χ3n) is 7.31. The number of carbonyl (C=O) groups excluding carboxylic acids is 4. The highest BCUT2D eigenvalue weighted by molar-refractivity contribution is 5.96. The molecule has 0 saturated carbocycles. The first-order valence-electron chi connectivity index (χ1n) is 13.3. The van der Waals surface area contributed by atoms with E-state index in [1.54, 1.807) is 12.1 Å². The molecule has 0 saturated heterocycles. The first-order chi connectivity index (χ1) is 19.7. The predicted octanol–water partition coefficient (Wildman–Crippen LogP) is 2.06. The van der Waals surface area contributed by atoms with Crippen LogP contribution < -0.4 is 14.8 Å². The van der Waals surface area contributed by atoms with Crippen LogP contribution in [0.2, 0.25) is 0 Å². The molecule has 10 nitrogen and oxygen atoms in total. The van der Waals surface area contributed by atoms with Gasteiger partial charge in [0.15, 0.2) is 11.5 Å². The van der Waals surface area contributed by atoms with Gasteiger partial charge >= 0.3 is 0 Å². The van der Waals surface area contributed by atoms with Gasteiger partial charge in [-0.05, 0) is 37.6 Å². The van der Waals surface area contributed by atoms with Gasteiger partial charge in [0.1, 0.15) is 30.1 Å². The standard InChI is InChI=1S/C30H33FN2O8/c1-17(36)6-5-9-25(37)33(15-19-7-3-4-8-22(19)31)23-14-21(30(39)32-10-11-34)26-20-12-18(16-35)13-24(40-2)28(20)41-29(26)27(23)38/h3-4,7-8,12-14,16,23,26-27,29,34,38H,5-6,9-11,15H2,1-2H3,(H,32,39). The van der Waals surface area contributed by atoms with Crippen molar-refractivity contribution in [2.45, 2.75) is 56.9 Å². The van der Waals surface area contributed by atoms with Crippen molar-refractivity contribution in [1.29, 1.82) is 0 Å². The molecule has 2 aromatic carbocycles. The Kier molecular flexibility index (Phi) is 9.51. The number of aliphatic hydroxyl groups excluding tert-OH is 2. The Bertz CT molecular complexity index is 1360. The van der Waals surface area contributed by atoms with Crippen LogP contribution in [-0.4, -0.2) is 77.5 Å². The van der Waals surface area contributed by atoms with Crippen molar-refractivity contribution in [1.82, 2.24) is 10.2 Å². The van der Waals surface area contributed by atoms with E-state index in [2.05, 4.69) is 5.32 Å². The van der Waals surface area contributed by atoms with Gasteiger partial charge in [0.2, 0.25) is 11.8 Å². The molecule has 2 amide bonds. The molecule has 0 radical (unpaired) electrons. The second-order valence-electron chi connectivity index (χ2n) is 10.1. The third-order valence-corrected chi connectivity index (χ3v) is 7.31. The molecule has 0 fully saturated rings. The number of nitrogens with zero attached hydrogens (tertiary/aromatic N) is 1. The highest BCUT2D eigenvalue weighted by atomic mass is 19.1. The van der Waals surface area contributed by atoms with Crippen LogP contribution in [-0.2, 0) is 20.9 Å². The number of Topliss-reactive ketones (excluding diaryl/α,β-unsaturated/α-hetero) is 1. The van der Waals surface area contributed by atoms with E-state index in [9.17, 15) is 33.8 Å². The summed E-state index contributed by atoms with van der Waals surface area (Å²) in [4.78, 5) is 51.4. The zero-order valence-electron chi connectivity index (χ0n) is 22.8. The molecule has 2 aliphatic rings. The summed E-state index contributed by atoms with van der Waals surface area (Å²) < 4.78 is 26.3. The number of carbonyl (C=O) groups is 4. The van der Waals surface area contributed by atoms with E-state index in [1.807, 2.05) is 0 Å². The first-order valence-corrected chi connectivity index (χ1v) is 13.3. The molecule has 3 N–H and O–H groups in total. The molecular formula is C30H33FN2O8. The summed E-state index contributed by atoms with van der Waals surface area (Å²) in [6.45, 7) is 0.850. The Balaban J connectivity index is 1.80. The number of rotatable bonds is 12. The number of ether oxygens (including phenoxy) is 2. The molecule has 0 bridgehead atoms. The van der Waals surface area contributed by atoms with Gasteiger partial charge in [-0.2, -0.15) is 0 Å². The van der Waals surface area contributed by atoms with Crippen LogP contribution in [0.5, 0.6) is 11.5 Å². The van der Waals surface area contributed by atoms with E-state index in [4.69, 9.17) is 9.47 Å². The van der Waals surface area contributed by atoms with E-state index < -0.39 is 41.8 Å². The van der Waals surface area contributed by atoms with Crippen molar-refractivity contribution < 1.29 is 43.3 Å². The molecule has 4 unspecified atom stereocenters. The van der Waals surface area contributed by atoms with Crippen LogP contribution in [0.3, 0.4) is 0 Å². The lowest BCUT2D eigenvalue weighted by molar-refractivity contribution is -0.138. The highest BCUT2D eigenvalue weighted by Gasteiger charge is 2.51. The minimum absolute atomic E-state index is 0.0389. The van der Waals surface area contributed by atoms with E-state index in [0.717, 1.165) is 0 Å². The maximum Gasteiger partial charge on any atom is 0.247 e. The summed E-state index contributed by atoms with van der Waals surface area (Å²) in [5.41, 5.74) is 1.08. The van der Waals surface area contributed by atoms with Gasteiger partial charge < -0.3 is 34.7 Å². The molecule has 0 aromatic heterocycles. The minimum Gasteiger partial charge on any atom is -0.493 e. The molecule has 4 atom stereocenters. The molecule has 41 heavy (non-hydrogen) atoms. The lowest BCUT2D eigenvalue weighted by atomic mass is 9.77. The second kappa shape index (κ2) is 13.0. The molecule has 4 rings (SSSR count). The smallest absolute Gasteiger partial charge is 0.247 e. The minimum atomic E-state index is -1.37. The zero-order valence-corrected chi connectivity index (χ0v) is 22.8. The van der Waals surface area contributed by atoms with Gasteiger partial charge in [-0.25, -0.2) is 4.39 Å². The van der Waals surface area contributed by atoms with E-state index in [-0.39, 0.29) is 72.9 Å². The SMILES string of the molecule is COc1cc(C=O)cc2c1OC1C2C(C(=O)NCCO)=CC(N(Cc2ccccc2F)C(=O)CCCC(C)=O)C1O. The van der Waals surface area contributed by atoms with E-state index in [0.29, 0.717) is 11.8 Å². The molecule has 1 heterocycles. The van der Waals surface area contributed by atoms with Gasteiger partial charge in [-0.15, -0.1) is 0 Å². The number of benzene rings is 2. The van der Waals surface area contributed by atoms with Crippen LogP contribution in [0, 0.1) is 5.82 Å². The number of aliphatic hydroxyl groups is 2. The summed E-state index contributed by atoms with van der Waals surface area (Å²) in [6, 6.07) is 7.85. The van der Waals surface area contributed by atoms with Crippen LogP contribution >= 0.6 is 0 Å². The van der Waals surface area contributed by atoms with Gasteiger partial charge in [0.05, 0.1) is 25.7 Å². The van der Waals surface area contributed by atoms with Crippen LogP contribution in [0.25, 0.3) is 0 Å². The number of ketones is 1. The Morgan fingerprint density at radius 2 is 1.95 bits per heavy atom. The third kappa shape index (κ3) is 6.31. The highest BCUT2D eigenvalue weighted by Crippen LogP contribution is 2.51. The van der Waals surface area contributed by atoms with Crippen LogP contribution in [0.4, 0.5) is 4.39 Å². The Labute approximate surface area is 236 Å². The summed E-state index contributed by atoms with van der Waals surface area (Å²) >= 11 is 0. The van der Waals surface area contributed by atoms with E-state index in [1.165, 1.54) is 49.3 Å². The summed E-state index contributed by atoms with van der Waals surface area (Å²) in [5.74, 6) is -1.97. The fourth-order valence-electron chi connectivity index (χ4n) is 5.36. The molecule has 1 aliphatic carbocycles. The molecular weight excluding hydrogens is 535 g/mol. The topological polar surface area (TPSA) is 142 Å². The van der Waals surface area contributed by atoms with Crippen LogP contribution in [0.1, 0.15) is 53.6 Å². The fraction of sp³-hybridized carbons (Fsp3) is 0.400. The second-order valence-corrected chi connectivity index (χ2v) is 10.1. The normalized spacial score (nSPS) is 20.7. The van der Waals surface area contributed by atoms with Crippen molar-refractivity contribution in [3.05, 3.63) is 70.6 Å². The molecule has 1 aliphatic heterocycles. The molecule has 218 valence electrons. The lowest BCUT2D eigenvalue weighted by Crippen LogP contribution is -2.55. The number of amides is 2. The monoisotopic (exact) mass is 568 g/mol.